The molecule has 0 fully saturated rings. The number of carbonyl (C=O) groups is 1. The first-order valence-corrected chi connectivity index (χ1v) is 11.2. The third kappa shape index (κ3) is 4.78. The van der Waals surface area contributed by atoms with Gasteiger partial charge in [0.1, 0.15) is 16.4 Å². The molecule has 0 spiro atoms. The molecule has 0 bridgehead atoms. The van der Waals surface area contributed by atoms with Gasteiger partial charge in [0.25, 0.3) is 0 Å². The first-order chi connectivity index (χ1) is 14.4. The number of hydrogen-bond acceptors (Lipinski definition) is 7. The predicted octanol–water partition coefficient (Wildman–Crippen LogP) is 2.92. The number of anilines is 1. The summed E-state index contributed by atoms with van der Waals surface area (Å²) in [5.41, 5.74) is 2.05. The van der Waals surface area contributed by atoms with E-state index >= 15 is 0 Å². The Balaban J connectivity index is 1.75. The molecule has 0 aliphatic rings. The molecule has 3 aromatic rings. The maximum Gasteiger partial charge on any atom is 0.244 e. The maximum atomic E-state index is 12.5. The van der Waals surface area contributed by atoms with E-state index in [0.717, 1.165) is 5.56 Å². The molecule has 2 aromatic carbocycles. The molecule has 158 valence electrons. The van der Waals surface area contributed by atoms with Crippen molar-refractivity contribution < 1.29 is 22.7 Å². The summed E-state index contributed by atoms with van der Waals surface area (Å²) in [5, 5.41) is 5.02. The van der Waals surface area contributed by atoms with E-state index in [9.17, 15) is 13.2 Å². The largest absolute Gasteiger partial charge is 0.496 e. The summed E-state index contributed by atoms with van der Waals surface area (Å²) in [5.74, 6) is 0.584. The Labute approximate surface area is 178 Å². The molecule has 0 atom stereocenters. The van der Waals surface area contributed by atoms with Gasteiger partial charge in [0.15, 0.2) is 5.13 Å². The van der Waals surface area contributed by atoms with Crippen molar-refractivity contribution in [3.63, 3.8) is 0 Å². The molecule has 0 saturated heterocycles. The monoisotopic (exact) mass is 447 g/mol. The van der Waals surface area contributed by atoms with Gasteiger partial charge < -0.3 is 14.8 Å². The quantitative estimate of drug-likeness (QED) is 0.550. The van der Waals surface area contributed by atoms with Crippen LogP contribution in [0.2, 0.25) is 0 Å². The van der Waals surface area contributed by atoms with E-state index in [1.807, 2.05) is 29.6 Å². The minimum Gasteiger partial charge on any atom is -0.496 e. The second kappa shape index (κ2) is 9.24. The SMILES string of the molecule is CNS(=O)(=O)c1cc(CC(=O)Nc2nc(-c3ccccc3OC)cs2)ccc1OC. The minimum atomic E-state index is -3.72. The number of amides is 1. The van der Waals surface area contributed by atoms with Gasteiger partial charge in [-0.2, -0.15) is 0 Å². The van der Waals surface area contributed by atoms with E-state index in [1.165, 1.54) is 37.6 Å². The van der Waals surface area contributed by atoms with Crippen molar-refractivity contribution in [1.82, 2.24) is 9.71 Å². The van der Waals surface area contributed by atoms with Crippen molar-refractivity contribution in [3.05, 3.63) is 53.4 Å². The number of nitrogens with one attached hydrogen (secondary N) is 2. The highest BCUT2D eigenvalue weighted by molar-refractivity contribution is 7.89. The van der Waals surface area contributed by atoms with Crippen LogP contribution in [0.3, 0.4) is 0 Å². The molecule has 1 amide bonds. The number of aromatic nitrogens is 1. The van der Waals surface area contributed by atoms with E-state index in [2.05, 4.69) is 15.0 Å². The normalized spacial score (nSPS) is 11.2. The average molecular weight is 448 g/mol. The van der Waals surface area contributed by atoms with Crippen LogP contribution in [0, 0.1) is 0 Å². The van der Waals surface area contributed by atoms with Gasteiger partial charge >= 0.3 is 0 Å². The number of benzene rings is 2. The van der Waals surface area contributed by atoms with Crippen molar-refractivity contribution in [3.8, 4) is 22.8 Å². The minimum absolute atomic E-state index is 0.0141. The smallest absolute Gasteiger partial charge is 0.244 e. The van der Waals surface area contributed by atoms with Gasteiger partial charge in [0.05, 0.1) is 26.3 Å². The Morgan fingerprint density at radius 1 is 1.10 bits per heavy atom. The molecule has 1 heterocycles. The van der Waals surface area contributed by atoms with Crippen LogP contribution in [0.1, 0.15) is 5.56 Å². The van der Waals surface area contributed by atoms with E-state index in [1.54, 1.807) is 13.2 Å². The lowest BCUT2D eigenvalue weighted by molar-refractivity contribution is -0.115. The number of nitrogens with zero attached hydrogens (tertiary/aromatic N) is 1. The Hall–Kier alpha value is -2.95. The van der Waals surface area contributed by atoms with Crippen molar-refractivity contribution in [1.29, 1.82) is 0 Å². The van der Waals surface area contributed by atoms with E-state index in [4.69, 9.17) is 9.47 Å². The highest BCUT2D eigenvalue weighted by Crippen LogP contribution is 2.32. The molecule has 30 heavy (non-hydrogen) atoms. The van der Waals surface area contributed by atoms with Crippen molar-refractivity contribution in [2.75, 3.05) is 26.6 Å². The highest BCUT2D eigenvalue weighted by Gasteiger charge is 2.19. The number of thiazole rings is 1. The lowest BCUT2D eigenvalue weighted by Crippen LogP contribution is -2.20. The summed E-state index contributed by atoms with van der Waals surface area (Å²) < 4.78 is 37.1. The van der Waals surface area contributed by atoms with Gasteiger partial charge in [-0.1, -0.05) is 18.2 Å². The summed E-state index contributed by atoms with van der Waals surface area (Å²) >= 11 is 1.30. The number of hydrogen-bond donors (Lipinski definition) is 2. The molecule has 0 aliphatic carbocycles. The summed E-state index contributed by atoms with van der Waals surface area (Å²) in [6.45, 7) is 0. The summed E-state index contributed by atoms with van der Waals surface area (Å²) in [4.78, 5) is 16.9. The number of sulfonamides is 1. The fraction of sp³-hybridized carbons (Fsp3) is 0.200. The van der Waals surface area contributed by atoms with E-state index in [-0.39, 0.29) is 23.0 Å². The number of ether oxygens (including phenoxy) is 2. The third-order valence-corrected chi connectivity index (χ3v) is 6.48. The standard InChI is InChI=1S/C20H21N3O5S2/c1-21-30(25,26)18-10-13(8-9-17(18)28-3)11-19(24)23-20-22-15(12-29-20)14-6-4-5-7-16(14)27-2/h4-10,12,21H,11H2,1-3H3,(H,22,23,24). The molecule has 0 saturated carbocycles. The van der Waals surface area contributed by atoms with Crippen LogP contribution in [0.25, 0.3) is 11.3 Å². The zero-order valence-electron chi connectivity index (χ0n) is 16.6. The highest BCUT2D eigenvalue weighted by atomic mass is 32.2. The second-order valence-corrected chi connectivity index (χ2v) is 8.87. The molecule has 2 N–H and O–H groups in total. The van der Waals surface area contributed by atoms with Crippen molar-refractivity contribution >= 4 is 32.4 Å². The number of para-hydroxylation sites is 1. The molecular formula is C20H21N3O5S2. The predicted molar refractivity (Wildman–Crippen MR) is 116 cm³/mol. The summed E-state index contributed by atoms with van der Waals surface area (Å²) in [7, 11) is 0.570. The van der Waals surface area contributed by atoms with Crippen LogP contribution in [-0.4, -0.2) is 40.6 Å². The zero-order chi connectivity index (χ0) is 21.7. The lowest BCUT2D eigenvalue weighted by Gasteiger charge is -2.10. The zero-order valence-corrected chi connectivity index (χ0v) is 18.3. The topological polar surface area (TPSA) is 107 Å². The van der Waals surface area contributed by atoms with Gasteiger partial charge in [0, 0.05) is 10.9 Å². The van der Waals surface area contributed by atoms with Crippen LogP contribution >= 0.6 is 11.3 Å². The number of carbonyl (C=O) groups excluding carboxylic acids is 1. The molecular weight excluding hydrogens is 426 g/mol. The Kier molecular flexibility index (Phi) is 6.70. The number of rotatable bonds is 8. The first kappa shape index (κ1) is 21.8. The molecule has 0 aliphatic heterocycles. The maximum absolute atomic E-state index is 12.5. The van der Waals surface area contributed by atoms with E-state index < -0.39 is 10.0 Å². The van der Waals surface area contributed by atoms with Crippen LogP contribution in [-0.2, 0) is 21.2 Å². The molecule has 8 nitrogen and oxygen atoms in total. The molecule has 1 aromatic heterocycles. The number of methoxy groups -OCH3 is 2. The molecule has 10 heteroatoms. The fourth-order valence-corrected chi connectivity index (χ4v) is 4.48. The molecule has 3 rings (SSSR count). The van der Waals surface area contributed by atoms with Crippen LogP contribution in [0.15, 0.2) is 52.7 Å². The Morgan fingerprint density at radius 2 is 1.83 bits per heavy atom. The second-order valence-electron chi connectivity index (χ2n) is 6.16. The van der Waals surface area contributed by atoms with Gasteiger partial charge in [-0.3, -0.25) is 4.79 Å². The summed E-state index contributed by atoms with van der Waals surface area (Å²) in [6.07, 6.45) is -0.0141. The van der Waals surface area contributed by atoms with E-state index in [0.29, 0.717) is 22.1 Å². The molecule has 0 radical (unpaired) electrons. The van der Waals surface area contributed by atoms with Gasteiger partial charge in [-0.15, -0.1) is 11.3 Å². The first-order valence-electron chi connectivity index (χ1n) is 8.87. The van der Waals surface area contributed by atoms with Crippen LogP contribution < -0.4 is 19.5 Å². The molecule has 0 unspecified atom stereocenters. The van der Waals surface area contributed by atoms with Gasteiger partial charge in [-0.25, -0.2) is 18.1 Å². The summed E-state index contributed by atoms with van der Waals surface area (Å²) in [6, 6.07) is 12.1. The Bertz CT molecular complexity index is 1160. The fourth-order valence-electron chi connectivity index (χ4n) is 2.81. The van der Waals surface area contributed by atoms with Crippen LogP contribution in [0.5, 0.6) is 11.5 Å². The van der Waals surface area contributed by atoms with Gasteiger partial charge in [0.2, 0.25) is 15.9 Å². The lowest BCUT2D eigenvalue weighted by atomic mass is 10.1. The average Bonchev–Trinajstić information content (AvgIpc) is 3.21. The van der Waals surface area contributed by atoms with Crippen molar-refractivity contribution in [2.45, 2.75) is 11.3 Å². The van der Waals surface area contributed by atoms with Crippen molar-refractivity contribution in [2.24, 2.45) is 0 Å². The van der Waals surface area contributed by atoms with Gasteiger partial charge in [-0.05, 0) is 36.9 Å². The Morgan fingerprint density at radius 3 is 2.53 bits per heavy atom. The van der Waals surface area contributed by atoms with Crippen LogP contribution in [0.4, 0.5) is 5.13 Å². The third-order valence-electron chi connectivity index (χ3n) is 4.28.